The van der Waals surface area contributed by atoms with Crippen molar-refractivity contribution >= 4 is 11.6 Å². The lowest BCUT2D eigenvalue weighted by Crippen LogP contribution is -2.49. The number of aromatic hydroxyl groups is 1. The van der Waals surface area contributed by atoms with E-state index in [4.69, 9.17) is 14.2 Å². The molecule has 1 aromatic rings. The Morgan fingerprint density at radius 2 is 1.67 bits per heavy atom. The topological polar surface area (TPSA) is 82.1 Å². The lowest BCUT2D eigenvalue weighted by Gasteiger charge is -2.41. The highest BCUT2D eigenvalue weighted by Gasteiger charge is 2.50. The van der Waals surface area contributed by atoms with Crippen molar-refractivity contribution in [3.8, 4) is 17.2 Å². The maximum atomic E-state index is 13.1. The van der Waals surface area contributed by atoms with Gasteiger partial charge in [0.05, 0.1) is 37.9 Å². The number of ketones is 2. The third-order valence-electron chi connectivity index (χ3n) is 5.14. The summed E-state index contributed by atoms with van der Waals surface area (Å²) in [4.78, 5) is 26.2. The normalized spacial score (nSPS) is 29.0. The van der Waals surface area contributed by atoms with Crippen LogP contribution in [0.1, 0.15) is 46.5 Å². The quantitative estimate of drug-likeness (QED) is 0.895. The Morgan fingerprint density at radius 3 is 2.25 bits per heavy atom. The molecule has 1 fully saturated rings. The van der Waals surface area contributed by atoms with Crippen LogP contribution in [-0.2, 0) is 4.74 Å². The summed E-state index contributed by atoms with van der Waals surface area (Å²) >= 11 is 0. The van der Waals surface area contributed by atoms with Crippen molar-refractivity contribution in [1.82, 2.24) is 0 Å². The third kappa shape index (κ3) is 2.13. The second kappa shape index (κ2) is 5.77. The summed E-state index contributed by atoms with van der Waals surface area (Å²) < 4.78 is 16.3. The zero-order chi connectivity index (χ0) is 17.8. The van der Waals surface area contributed by atoms with E-state index in [-0.39, 0.29) is 52.1 Å². The van der Waals surface area contributed by atoms with Gasteiger partial charge in [-0.2, -0.15) is 0 Å². The molecule has 3 rings (SSSR count). The van der Waals surface area contributed by atoms with Crippen molar-refractivity contribution < 1.29 is 28.9 Å². The Morgan fingerprint density at radius 1 is 1.04 bits per heavy atom. The highest BCUT2D eigenvalue weighted by atomic mass is 16.5. The largest absolute Gasteiger partial charge is 0.504 e. The number of carbonyl (C=O) groups is 2. The number of phenolic OH excluding ortho intramolecular Hbond substituents is 1. The molecule has 0 spiro atoms. The molecule has 0 amide bonds. The predicted octanol–water partition coefficient (Wildman–Crippen LogP) is 2.53. The molecule has 24 heavy (non-hydrogen) atoms. The van der Waals surface area contributed by atoms with Gasteiger partial charge in [-0.25, -0.2) is 0 Å². The van der Waals surface area contributed by atoms with Gasteiger partial charge >= 0.3 is 0 Å². The predicted molar refractivity (Wildman–Crippen MR) is 86.2 cm³/mol. The minimum Gasteiger partial charge on any atom is -0.504 e. The Kier molecular flexibility index (Phi) is 4.03. The number of phenols is 1. The summed E-state index contributed by atoms with van der Waals surface area (Å²) in [6.07, 6.45) is 0.0258. The van der Waals surface area contributed by atoms with Gasteiger partial charge in [-0.05, 0) is 27.2 Å². The van der Waals surface area contributed by atoms with E-state index in [1.165, 1.54) is 14.2 Å². The molecule has 6 nitrogen and oxygen atoms in total. The second-order valence-corrected chi connectivity index (χ2v) is 6.54. The van der Waals surface area contributed by atoms with Crippen LogP contribution in [0.25, 0.3) is 0 Å². The van der Waals surface area contributed by atoms with Gasteiger partial charge in [-0.15, -0.1) is 0 Å². The summed E-state index contributed by atoms with van der Waals surface area (Å²) in [6, 6.07) is 0. The van der Waals surface area contributed by atoms with Gasteiger partial charge in [0.15, 0.2) is 23.1 Å². The van der Waals surface area contributed by atoms with Crippen LogP contribution in [0.15, 0.2) is 0 Å². The summed E-state index contributed by atoms with van der Waals surface area (Å²) in [7, 11) is 2.82. The van der Waals surface area contributed by atoms with Crippen LogP contribution in [0.3, 0.4) is 0 Å². The van der Waals surface area contributed by atoms with Gasteiger partial charge in [0.2, 0.25) is 5.75 Å². The molecule has 0 radical (unpaired) electrons. The van der Waals surface area contributed by atoms with Gasteiger partial charge in [0, 0.05) is 17.0 Å². The Hall–Kier alpha value is -2.08. The number of Topliss-reactive ketones (excluding diaryl/α,β-unsaturated/α-hetero) is 2. The first kappa shape index (κ1) is 16.8. The molecule has 130 valence electrons. The minimum atomic E-state index is -0.579. The monoisotopic (exact) mass is 334 g/mol. The molecule has 1 N–H and O–H groups in total. The van der Waals surface area contributed by atoms with E-state index in [0.29, 0.717) is 12.0 Å². The van der Waals surface area contributed by atoms with E-state index >= 15 is 0 Å². The first-order valence-electron chi connectivity index (χ1n) is 8.04. The molecular weight excluding hydrogens is 312 g/mol. The number of rotatable bonds is 2. The Labute approximate surface area is 140 Å². The average Bonchev–Trinajstić information content (AvgIpc) is 2.53. The molecule has 0 aromatic heterocycles. The Balaban J connectivity index is 2.28. The maximum Gasteiger partial charge on any atom is 0.204 e. The molecular formula is C18H22O6. The average molecular weight is 334 g/mol. The zero-order valence-corrected chi connectivity index (χ0v) is 14.5. The first-order chi connectivity index (χ1) is 11.3. The van der Waals surface area contributed by atoms with Crippen molar-refractivity contribution in [1.29, 1.82) is 0 Å². The fourth-order valence-electron chi connectivity index (χ4n) is 4.15. The highest BCUT2D eigenvalue weighted by Crippen LogP contribution is 2.50. The van der Waals surface area contributed by atoms with Crippen LogP contribution in [0.5, 0.6) is 17.2 Å². The number of carbonyl (C=O) groups excluding carboxylic acids is 2. The zero-order valence-electron chi connectivity index (χ0n) is 14.5. The van der Waals surface area contributed by atoms with Crippen molar-refractivity contribution in [3.05, 3.63) is 16.7 Å². The van der Waals surface area contributed by atoms with Crippen LogP contribution in [-0.4, -0.2) is 43.1 Å². The van der Waals surface area contributed by atoms with E-state index in [2.05, 4.69) is 0 Å². The lowest BCUT2D eigenvalue weighted by molar-refractivity contribution is -0.0745. The van der Waals surface area contributed by atoms with Gasteiger partial charge in [-0.1, -0.05) is 0 Å². The van der Waals surface area contributed by atoms with E-state index in [1.54, 1.807) is 13.8 Å². The summed E-state index contributed by atoms with van der Waals surface area (Å²) in [6.45, 7) is 5.41. The SMILES string of the molecule is COc1c(C)c2c(c(O)c1OC)C(=O)[C@@H]1[C@@H](C)O[C@@H](C)C[C@H]1C2=O. The van der Waals surface area contributed by atoms with E-state index < -0.39 is 11.8 Å². The molecule has 0 bridgehead atoms. The van der Waals surface area contributed by atoms with Crippen LogP contribution in [0, 0.1) is 18.8 Å². The summed E-state index contributed by atoms with van der Waals surface area (Å²) in [5.41, 5.74) is 0.796. The van der Waals surface area contributed by atoms with Crippen molar-refractivity contribution in [3.63, 3.8) is 0 Å². The van der Waals surface area contributed by atoms with Crippen molar-refractivity contribution in [2.24, 2.45) is 11.8 Å². The van der Waals surface area contributed by atoms with Crippen molar-refractivity contribution in [2.45, 2.75) is 39.4 Å². The number of hydrogen-bond acceptors (Lipinski definition) is 6. The van der Waals surface area contributed by atoms with E-state index in [0.717, 1.165) is 0 Å². The molecule has 1 aromatic carbocycles. The van der Waals surface area contributed by atoms with Gasteiger partial charge in [0.25, 0.3) is 0 Å². The number of hydrogen-bond donors (Lipinski definition) is 1. The fraction of sp³-hybridized carbons (Fsp3) is 0.556. The Bertz CT molecular complexity index is 723. The van der Waals surface area contributed by atoms with Gasteiger partial charge in [0.1, 0.15) is 0 Å². The van der Waals surface area contributed by atoms with Crippen LogP contribution in [0.4, 0.5) is 0 Å². The van der Waals surface area contributed by atoms with Crippen LogP contribution < -0.4 is 9.47 Å². The van der Waals surface area contributed by atoms with Gasteiger partial charge < -0.3 is 19.3 Å². The number of methoxy groups -OCH3 is 2. The standard InChI is InChI=1S/C18H22O6/c1-7-6-10-12(9(3)24-7)15(20)13-11(14(10)19)8(2)17(22-4)18(23-5)16(13)21/h7,9-10,12,21H,6H2,1-5H3/t7-,9+,10+,12+/m0/s1. The van der Waals surface area contributed by atoms with Crippen LogP contribution in [0.2, 0.25) is 0 Å². The summed E-state index contributed by atoms with van der Waals surface area (Å²) in [5, 5.41) is 10.6. The molecule has 1 saturated heterocycles. The van der Waals surface area contributed by atoms with E-state index in [1.807, 2.05) is 6.92 Å². The molecule has 0 unspecified atom stereocenters. The molecule has 0 saturated carbocycles. The molecule has 1 heterocycles. The third-order valence-corrected chi connectivity index (χ3v) is 5.14. The van der Waals surface area contributed by atoms with E-state index in [9.17, 15) is 14.7 Å². The van der Waals surface area contributed by atoms with Crippen molar-refractivity contribution in [2.75, 3.05) is 14.2 Å². The maximum absolute atomic E-state index is 13.1. The molecule has 1 aliphatic heterocycles. The molecule has 1 aliphatic carbocycles. The number of ether oxygens (including phenoxy) is 3. The van der Waals surface area contributed by atoms with Gasteiger partial charge in [-0.3, -0.25) is 9.59 Å². The molecule has 6 heteroatoms. The first-order valence-corrected chi connectivity index (χ1v) is 8.04. The fourth-order valence-corrected chi connectivity index (χ4v) is 4.15. The number of fused-ring (bicyclic) bond motifs is 2. The lowest BCUT2D eigenvalue weighted by atomic mass is 9.67. The summed E-state index contributed by atoms with van der Waals surface area (Å²) in [5.74, 6) is -1.39. The highest BCUT2D eigenvalue weighted by molar-refractivity contribution is 6.19. The van der Waals surface area contributed by atoms with Crippen LogP contribution >= 0.6 is 0 Å². The molecule has 4 atom stereocenters. The smallest absolute Gasteiger partial charge is 0.204 e. The molecule has 2 aliphatic rings. The minimum absolute atomic E-state index is 0.0291. The second-order valence-electron chi connectivity index (χ2n) is 6.54. The number of benzene rings is 1.